The molecule has 32 heavy (non-hydrogen) atoms. The quantitative estimate of drug-likeness (QED) is 0.440. The van der Waals surface area contributed by atoms with E-state index in [1.54, 1.807) is 0 Å². The average Bonchev–Trinajstić information content (AvgIpc) is 3.11. The third kappa shape index (κ3) is 4.03. The van der Waals surface area contributed by atoms with Crippen molar-refractivity contribution in [2.75, 3.05) is 6.61 Å². The molecule has 4 rings (SSSR count). The maximum atomic E-state index is 12.3. The number of hydrogen-bond acceptors (Lipinski definition) is 2. The van der Waals surface area contributed by atoms with Crippen LogP contribution in [0.5, 0.6) is 0 Å². The number of aliphatic hydroxyl groups excluding tert-OH is 1. The number of carbonyl (C=O) groups excluding carboxylic acids is 1. The second kappa shape index (κ2) is 9.35. The van der Waals surface area contributed by atoms with Gasteiger partial charge in [-0.15, -0.1) is 0 Å². The van der Waals surface area contributed by atoms with E-state index in [9.17, 15) is 9.90 Å². The first-order chi connectivity index (χ1) is 15.2. The van der Waals surface area contributed by atoms with E-state index in [-0.39, 0.29) is 0 Å². The summed E-state index contributed by atoms with van der Waals surface area (Å²) in [6.45, 7) is 15.2. The van der Waals surface area contributed by atoms with Crippen LogP contribution in [-0.2, 0) is 4.79 Å². The summed E-state index contributed by atoms with van der Waals surface area (Å²) in [6.07, 6.45) is 13.4. The van der Waals surface area contributed by atoms with Crippen molar-refractivity contribution in [3.8, 4) is 0 Å². The lowest BCUT2D eigenvalue weighted by atomic mass is 9.42. The van der Waals surface area contributed by atoms with Gasteiger partial charge >= 0.3 is 0 Å². The molecule has 0 saturated heterocycles. The van der Waals surface area contributed by atoms with Gasteiger partial charge in [-0.2, -0.15) is 0 Å². The fourth-order valence-corrected chi connectivity index (χ4v) is 10.1. The van der Waals surface area contributed by atoms with Crippen LogP contribution in [0.2, 0.25) is 0 Å². The summed E-state index contributed by atoms with van der Waals surface area (Å²) >= 11 is 0. The number of rotatable bonds is 7. The lowest BCUT2D eigenvalue weighted by Gasteiger charge is -2.62. The lowest BCUT2D eigenvalue weighted by molar-refractivity contribution is -0.157. The molecule has 0 heterocycles. The molecule has 2 unspecified atom stereocenters. The van der Waals surface area contributed by atoms with Gasteiger partial charge < -0.3 is 5.11 Å². The SMILES string of the molecule is CC[C@H](CC[C@@H](C)[C@H]1CCC2[C@H]3C(CC[C@@]21C)[C@@]1(C)CCC(=O)C[C@H]1C[C@@H]3CO)C(C)C. The van der Waals surface area contributed by atoms with E-state index in [0.29, 0.717) is 41.0 Å². The van der Waals surface area contributed by atoms with Gasteiger partial charge in [0.1, 0.15) is 5.78 Å². The number of Topliss-reactive ketones (excluding diaryl/α,β-unsaturated/α-hetero) is 1. The molecule has 184 valence electrons. The molecular weight excluding hydrogens is 392 g/mol. The van der Waals surface area contributed by atoms with Crippen molar-refractivity contribution in [2.24, 2.45) is 64.1 Å². The minimum absolute atomic E-state index is 0.334. The number of carbonyl (C=O) groups is 1. The Kier molecular flexibility index (Phi) is 7.23. The molecule has 4 aliphatic carbocycles. The summed E-state index contributed by atoms with van der Waals surface area (Å²) < 4.78 is 0. The Bertz CT molecular complexity index is 670. The fourth-order valence-electron chi connectivity index (χ4n) is 10.1. The third-order valence-electron chi connectivity index (χ3n) is 12.1. The molecule has 0 amide bonds. The van der Waals surface area contributed by atoms with Gasteiger partial charge in [-0.25, -0.2) is 0 Å². The molecular formula is C30H52O2. The van der Waals surface area contributed by atoms with Gasteiger partial charge in [0, 0.05) is 19.4 Å². The molecule has 0 spiro atoms. The first kappa shape index (κ1) is 24.7. The highest BCUT2D eigenvalue weighted by atomic mass is 16.3. The zero-order valence-electron chi connectivity index (χ0n) is 22.0. The largest absolute Gasteiger partial charge is 0.396 e. The molecule has 0 aromatic heterocycles. The maximum absolute atomic E-state index is 12.3. The molecule has 4 aliphatic rings. The van der Waals surface area contributed by atoms with Crippen molar-refractivity contribution in [3.05, 3.63) is 0 Å². The Hall–Kier alpha value is -0.370. The molecule has 4 fully saturated rings. The first-order valence-electron chi connectivity index (χ1n) is 14.3. The van der Waals surface area contributed by atoms with Gasteiger partial charge in [0.05, 0.1) is 0 Å². The Morgan fingerprint density at radius 2 is 1.72 bits per heavy atom. The summed E-state index contributed by atoms with van der Waals surface area (Å²) in [4.78, 5) is 12.3. The van der Waals surface area contributed by atoms with Crippen LogP contribution in [-0.4, -0.2) is 17.5 Å². The van der Waals surface area contributed by atoms with Gasteiger partial charge in [0.25, 0.3) is 0 Å². The Labute approximate surface area is 198 Å². The second-order valence-electron chi connectivity index (χ2n) is 13.6. The van der Waals surface area contributed by atoms with Gasteiger partial charge in [0.2, 0.25) is 0 Å². The number of ketones is 1. The third-order valence-corrected chi connectivity index (χ3v) is 12.1. The van der Waals surface area contributed by atoms with Crippen LogP contribution in [0, 0.1) is 64.1 Å². The minimum Gasteiger partial charge on any atom is -0.396 e. The fraction of sp³-hybridized carbons (Fsp3) is 0.967. The predicted molar refractivity (Wildman–Crippen MR) is 133 cm³/mol. The smallest absolute Gasteiger partial charge is 0.133 e. The molecule has 2 nitrogen and oxygen atoms in total. The van der Waals surface area contributed by atoms with E-state index in [2.05, 4.69) is 41.5 Å². The molecule has 4 saturated carbocycles. The Morgan fingerprint density at radius 1 is 1.00 bits per heavy atom. The summed E-state index contributed by atoms with van der Waals surface area (Å²) in [5.74, 6) is 6.97. The highest BCUT2D eigenvalue weighted by Crippen LogP contribution is 2.69. The Balaban J connectivity index is 1.52. The van der Waals surface area contributed by atoms with Crippen molar-refractivity contribution < 1.29 is 9.90 Å². The van der Waals surface area contributed by atoms with Crippen molar-refractivity contribution in [2.45, 2.75) is 112 Å². The van der Waals surface area contributed by atoms with Gasteiger partial charge in [-0.3, -0.25) is 4.79 Å². The van der Waals surface area contributed by atoms with E-state index in [0.717, 1.165) is 61.2 Å². The van der Waals surface area contributed by atoms with E-state index < -0.39 is 0 Å². The molecule has 0 aromatic carbocycles. The van der Waals surface area contributed by atoms with Gasteiger partial charge in [-0.05, 0) is 109 Å². The van der Waals surface area contributed by atoms with Crippen LogP contribution in [0.25, 0.3) is 0 Å². The van der Waals surface area contributed by atoms with E-state index in [4.69, 9.17) is 0 Å². The summed E-state index contributed by atoms with van der Waals surface area (Å²) in [5.41, 5.74) is 0.794. The summed E-state index contributed by atoms with van der Waals surface area (Å²) in [7, 11) is 0. The van der Waals surface area contributed by atoms with Crippen LogP contribution in [0.15, 0.2) is 0 Å². The number of hydrogen-bond donors (Lipinski definition) is 1. The zero-order valence-corrected chi connectivity index (χ0v) is 22.0. The van der Waals surface area contributed by atoms with Gasteiger partial charge in [-0.1, -0.05) is 54.4 Å². The maximum Gasteiger partial charge on any atom is 0.133 e. The average molecular weight is 445 g/mol. The molecule has 0 bridgehead atoms. The standard InChI is InChI=1S/C30H52O2/c1-7-21(19(2)3)9-8-20(4)25-10-11-26-28-22(18-31)16-23-17-24(32)12-14-29(23,5)27(28)13-15-30(25,26)6/h19-23,25-28,31H,7-18H2,1-6H3/t20-,21-,22-,23-,25-,26?,27?,28+,29+,30-/m1/s1. The van der Waals surface area contributed by atoms with Gasteiger partial charge in [0.15, 0.2) is 0 Å². The minimum atomic E-state index is 0.334. The Morgan fingerprint density at radius 3 is 2.38 bits per heavy atom. The normalized spacial score (nSPS) is 45.8. The van der Waals surface area contributed by atoms with Crippen molar-refractivity contribution in [1.82, 2.24) is 0 Å². The van der Waals surface area contributed by atoms with Crippen molar-refractivity contribution >= 4 is 5.78 Å². The van der Waals surface area contributed by atoms with E-state index in [1.807, 2.05) is 0 Å². The van der Waals surface area contributed by atoms with Crippen molar-refractivity contribution in [3.63, 3.8) is 0 Å². The zero-order chi connectivity index (χ0) is 23.3. The highest BCUT2D eigenvalue weighted by Gasteiger charge is 2.62. The molecule has 1 N–H and O–H groups in total. The predicted octanol–water partition coefficient (Wildman–Crippen LogP) is 7.53. The molecule has 0 aliphatic heterocycles. The summed E-state index contributed by atoms with van der Waals surface area (Å²) in [6, 6.07) is 0. The number of aliphatic hydroxyl groups is 1. The van der Waals surface area contributed by atoms with Crippen LogP contribution in [0.3, 0.4) is 0 Å². The van der Waals surface area contributed by atoms with Crippen LogP contribution < -0.4 is 0 Å². The first-order valence-corrected chi connectivity index (χ1v) is 14.3. The summed E-state index contributed by atoms with van der Waals surface area (Å²) in [5, 5.41) is 10.5. The van der Waals surface area contributed by atoms with Crippen molar-refractivity contribution in [1.29, 1.82) is 0 Å². The molecule has 2 heteroatoms. The second-order valence-corrected chi connectivity index (χ2v) is 13.6. The van der Waals surface area contributed by atoms with Crippen LogP contribution >= 0.6 is 0 Å². The topological polar surface area (TPSA) is 37.3 Å². The number of fused-ring (bicyclic) bond motifs is 5. The highest BCUT2D eigenvalue weighted by molar-refractivity contribution is 5.79. The molecule has 10 atom stereocenters. The van der Waals surface area contributed by atoms with Crippen LogP contribution in [0.1, 0.15) is 112 Å². The molecule has 0 radical (unpaired) electrons. The van der Waals surface area contributed by atoms with E-state index >= 15 is 0 Å². The molecule has 0 aromatic rings. The monoisotopic (exact) mass is 444 g/mol. The lowest BCUT2D eigenvalue weighted by Crippen LogP contribution is -2.57. The van der Waals surface area contributed by atoms with E-state index in [1.165, 1.54) is 44.9 Å². The van der Waals surface area contributed by atoms with Crippen LogP contribution in [0.4, 0.5) is 0 Å².